The van der Waals surface area contributed by atoms with Crippen LogP contribution in [-0.4, -0.2) is 17.0 Å². The maximum absolute atomic E-state index is 5.79. The van der Waals surface area contributed by atoms with E-state index in [-0.39, 0.29) is 0 Å². The number of nitrogens with two attached hydrogens (primary N) is 1. The van der Waals surface area contributed by atoms with Gasteiger partial charge in [0, 0.05) is 28.2 Å². The first kappa shape index (κ1) is 14.4. The molecule has 1 aromatic heterocycles. The van der Waals surface area contributed by atoms with E-state index in [1.54, 1.807) is 11.3 Å². The van der Waals surface area contributed by atoms with Crippen LogP contribution in [0.5, 0.6) is 0 Å². The molecule has 0 bridgehead atoms. The van der Waals surface area contributed by atoms with Crippen LogP contribution in [0.25, 0.3) is 0 Å². The number of hydrogen-bond donors (Lipinski definition) is 1. The minimum absolute atomic E-state index is 0.401. The van der Waals surface area contributed by atoms with Gasteiger partial charge in [-0.2, -0.15) is 0 Å². The van der Waals surface area contributed by atoms with Crippen molar-refractivity contribution in [2.45, 2.75) is 13.5 Å². The van der Waals surface area contributed by atoms with E-state index in [2.05, 4.69) is 31.2 Å². The summed E-state index contributed by atoms with van der Waals surface area (Å²) >= 11 is 10.2. The summed E-state index contributed by atoms with van der Waals surface area (Å²) in [4.78, 5) is 6.98. The standard InChI is InChI=1S/C13H14BrN3S2/c1-8-16-10(7-19-8)6-17(2)12-4-3-9(14)5-11(12)13(15)18/h3-5,7H,6H2,1-2H3,(H2,15,18). The Morgan fingerprint density at radius 1 is 1.53 bits per heavy atom. The number of thiocarbonyl (C=S) groups is 1. The molecule has 0 fully saturated rings. The SMILES string of the molecule is Cc1nc(CN(C)c2ccc(Br)cc2C(N)=S)cs1. The van der Waals surface area contributed by atoms with Gasteiger partial charge in [0.1, 0.15) is 4.99 Å². The molecule has 0 spiro atoms. The van der Waals surface area contributed by atoms with Crippen molar-refractivity contribution >= 4 is 50.2 Å². The average molecular weight is 356 g/mol. The number of nitrogens with zero attached hydrogens (tertiary/aromatic N) is 2. The summed E-state index contributed by atoms with van der Waals surface area (Å²) in [6.07, 6.45) is 0. The summed E-state index contributed by atoms with van der Waals surface area (Å²) in [6, 6.07) is 5.94. The molecule has 0 saturated heterocycles. The van der Waals surface area contributed by atoms with Gasteiger partial charge in [0.25, 0.3) is 0 Å². The highest BCUT2D eigenvalue weighted by Crippen LogP contribution is 2.25. The Kier molecular flexibility index (Phi) is 4.54. The smallest absolute Gasteiger partial charge is 0.106 e. The van der Waals surface area contributed by atoms with E-state index in [9.17, 15) is 0 Å². The fourth-order valence-corrected chi connectivity index (χ4v) is 2.98. The highest BCUT2D eigenvalue weighted by atomic mass is 79.9. The van der Waals surface area contributed by atoms with Crippen LogP contribution < -0.4 is 10.6 Å². The van der Waals surface area contributed by atoms with E-state index in [4.69, 9.17) is 18.0 Å². The highest BCUT2D eigenvalue weighted by Gasteiger charge is 2.11. The van der Waals surface area contributed by atoms with Crippen LogP contribution in [0.2, 0.25) is 0 Å². The predicted molar refractivity (Wildman–Crippen MR) is 89.0 cm³/mol. The van der Waals surface area contributed by atoms with Crippen LogP contribution in [0.4, 0.5) is 5.69 Å². The van der Waals surface area contributed by atoms with E-state index in [0.717, 1.165) is 33.0 Å². The third kappa shape index (κ3) is 3.52. The van der Waals surface area contributed by atoms with Crippen molar-refractivity contribution in [1.29, 1.82) is 0 Å². The van der Waals surface area contributed by atoms with E-state index in [1.807, 2.05) is 32.2 Å². The van der Waals surface area contributed by atoms with Crippen molar-refractivity contribution in [1.82, 2.24) is 4.98 Å². The molecule has 0 unspecified atom stereocenters. The van der Waals surface area contributed by atoms with Crippen molar-refractivity contribution in [3.63, 3.8) is 0 Å². The number of rotatable bonds is 4. The molecular weight excluding hydrogens is 342 g/mol. The van der Waals surface area contributed by atoms with Gasteiger partial charge in [0.2, 0.25) is 0 Å². The molecule has 2 rings (SSSR count). The Labute approximate surface area is 130 Å². The number of thiazole rings is 1. The van der Waals surface area contributed by atoms with Gasteiger partial charge in [-0.3, -0.25) is 0 Å². The first-order chi connectivity index (χ1) is 8.97. The molecule has 2 N–H and O–H groups in total. The van der Waals surface area contributed by atoms with Gasteiger partial charge in [0.05, 0.1) is 17.2 Å². The third-order valence-corrected chi connectivity index (χ3v) is 4.24. The van der Waals surface area contributed by atoms with Gasteiger partial charge >= 0.3 is 0 Å². The average Bonchev–Trinajstić information content (AvgIpc) is 2.74. The third-order valence-electron chi connectivity index (χ3n) is 2.70. The monoisotopic (exact) mass is 355 g/mol. The van der Waals surface area contributed by atoms with E-state index < -0.39 is 0 Å². The Morgan fingerprint density at radius 3 is 2.84 bits per heavy atom. The Morgan fingerprint density at radius 2 is 2.26 bits per heavy atom. The van der Waals surface area contributed by atoms with Crippen molar-refractivity contribution in [2.75, 3.05) is 11.9 Å². The number of halogens is 1. The lowest BCUT2D eigenvalue weighted by Gasteiger charge is -2.21. The molecule has 0 amide bonds. The summed E-state index contributed by atoms with van der Waals surface area (Å²) in [7, 11) is 2.01. The molecule has 100 valence electrons. The summed E-state index contributed by atoms with van der Waals surface area (Å²) in [5.74, 6) is 0. The Bertz CT molecular complexity index is 610. The fraction of sp³-hybridized carbons (Fsp3) is 0.231. The predicted octanol–water partition coefficient (Wildman–Crippen LogP) is 3.48. The van der Waals surface area contributed by atoms with Crippen LogP contribution in [0, 0.1) is 6.92 Å². The topological polar surface area (TPSA) is 42.2 Å². The van der Waals surface area contributed by atoms with Crippen LogP contribution in [0.1, 0.15) is 16.3 Å². The fourth-order valence-electron chi connectivity index (χ4n) is 1.85. The van der Waals surface area contributed by atoms with Crippen LogP contribution in [-0.2, 0) is 6.54 Å². The number of anilines is 1. The minimum Gasteiger partial charge on any atom is -0.389 e. The molecule has 1 aromatic carbocycles. The van der Waals surface area contributed by atoms with Crippen LogP contribution in [0.3, 0.4) is 0 Å². The lowest BCUT2D eigenvalue weighted by Crippen LogP contribution is -2.21. The van der Waals surface area contributed by atoms with Crippen LogP contribution >= 0.6 is 39.5 Å². The second-order valence-electron chi connectivity index (χ2n) is 4.24. The molecule has 0 atom stereocenters. The molecule has 2 aromatic rings. The van der Waals surface area contributed by atoms with E-state index in [0.29, 0.717) is 4.99 Å². The zero-order valence-corrected chi connectivity index (χ0v) is 13.9. The van der Waals surface area contributed by atoms with Gasteiger partial charge < -0.3 is 10.6 Å². The van der Waals surface area contributed by atoms with Crippen molar-refractivity contribution < 1.29 is 0 Å². The summed E-state index contributed by atoms with van der Waals surface area (Å²) < 4.78 is 0.969. The molecule has 19 heavy (non-hydrogen) atoms. The molecular formula is C13H14BrN3S2. The largest absolute Gasteiger partial charge is 0.389 e. The number of hydrogen-bond acceptors (Lipinski definition) is 4. The Balaban J connectivity index is 2.28. The van der Waals surface area contributed by atoms with Crippen LogP contribution in [0.15, 0.2) is 28.1 Å². The molecule has 3 nitrogen and oxygen atoms in total. The first-order valence-electron chi connectivity index (χ1n) is 5.69. The molecule has 0 aliphatic heterocycles. The molecule has 0 saturated carbocycles. The van der Waals surface area contributed by atoms with E-state index >= 15 is 0 Å². The summed E-state index contributed by atoms with van der Waals surface area (Å²) in [5, 5.41) is 3.15. The van der Waals surface area contributed by atoms with Gasteiger partial charge in [0.15, 0.2) is 0 Å². The molecule has 1 heterocycles. The first-order valence-corrected chi connectivity index (χ1v) is 7.77. The quantitative estimate of drug-likeness (QED) is 0.852. The van der Waals surface area contributed by atoms with Gasteiger partial charge in [-0.15, -0.1) is 11.3 Å². The van der Waals surface area contributed by atoms with Crippen molar-refractivity contribution in [3.8, 4) is 0 Å². The molecule has 6 heteroatoms. The normalized spacial score (nSPS) is 10.5. The number of aryl methyl sites for hydroxylation is 1. The minimum atomic E-state index is 0.401. The second kappa shape index (κ2) is 5.98. The molecule has 0 aliphatic carbocycles. The zero-order valence-electron chi connectivity index (χ0n) is 10.7. The van der Waals surface area contributed by atoms with Gasteiger partial charge in [-0.25, -0.2) is 4.98 Å². The maximum Gasteiger partial charge on any atom is 0.106 e. The van der Waals surface area contributed by atoms with Crippen molar-refractivity contribution in [3.05, 3.63) is 44.3 Å². The summed E-state index contributed by atoms with van der Waals surface area (Å²) in [5.41, 5.74) is 8.74. The number of aromatic nitrogens is 1. The highest BCUT2D eigenvalue weighted by molar-refractivity contribution is 9.10. The lowest BCUT2D eigenvalue weighted by atomic mass is 10.1. The van der Waals surface area contributed by atoms with Gasteiger partial charge in [-0.05, 0) is 25.1 Å². The zero-order chi connectivity index (χ0) is 14.0. The summed E-state index contributed by atoms with van der Waals surface area (Å²) in [6.45, 7) is 2.75. The maximum atomic E-state index is 5.79. The van der Waals surface area contributed by atoms with E-state index in [1.165, 1.54) is 0 Å². The second-order valence-corrected chi connectivity index (χ2v) is 6.66. The van der Waals surface area contributed by atoms with Gasteiger partial charge in [-0.1, -0.05) is 28.1 Å². The Hall–Kier alpha value is -0.980. The number of benzene rings is 1. The molecule has 0 aliphatic rings. The molecule has 0 radical (unpaired) electrons. The van der Waals surface area contributed by atoms with Crippen molar-refractivity contribution in [2.24, 2.45) is 5.73 Å². The lowest BCUT2D eigenvalue weighted by molar-refractivity contribution is 0.889.